The molecular formula is C18H22N5OS+. The number of amides is 1. The average Bonchev–Trinajstić information content (AvgIpc) is 2.65. The number of rotatable bonds is 3. The van der Waals surface area contributed by atoms with E-state index >= 15 is 0 Å². The summed E-state index contributed by atoms with van der Waals surface area (Å²) in [6.45, 7) is 0.838. The lowest BCUT2D eigenvalue weighted by atomic mass is 9.78. The summed E-state index contributed by atoms with van der Waals surface area (Å²) in [5, 5.41) is 18.8. The van der Waals surface area contributed by atoms with Crippen LogP contribution in [0.2, 0.25) is 0 Å². The molecule has 0 unspecified atom stereocenters. The molecular weight excluding hydrogens is 334 g/mol. The zero-order valence-electron chi connectivity index (χ0n) is 14.1. The Morgan fingerprint density at radius 2 is 1.96 bits per heavy atom. The van der Waals surface area contributed by atoms with Gasteiger partial charge in [-0.1, -0.05) is 24.6 Å². The summed E-state index contributed by atoms with van der Waals surface area (Å²) in [6.07, 6.45) is 7.15. The molecule has 0 bridgehead atoms. The Kier molecular flexibility index (Phi) is 5.45. The van der Waals surface area contributed by atoms with Gasteiger partial charge in [-0.25, -0.2) is 4.98 Å². The normalized spacial score (nSPS) is 22.6. The average molecular weight is 356 g/mol. The van der Waals surface area contributed by atoms with Crippen LogP contribution in [0.4, 0.5) is 5.82 Å². The third-order valence-electron chi connectivity index (χ3n) is 5.22. The largest absolute Gasteiger partial charge is 0.339 e. The summed E-state index contributed by atoms with van der Waals surface area (Å²) in [4.78, 5) is 17.7. The van der Waals surface area contributed by atoms with Crippen molar-refractivity contribution >= 4 is 23.5 Å². The number of hydrogen-bond acceptors (Lipinski definition) is 5. The number of anilines is 1. The molecule has 1 amide bonds. The summed E-state index contributed by atoms with van der Waals surface area (Å²) in [5.41, 5.74) is 6.38. The third kappa shape index (κ3) is 3.72. The summed E-state index contributed by atoms with van der Waals surface area (Å²) in [7, 11) is 0. The molecule has 1 aromatic heterocycles. The second-order valence-corrected chi connectivity index (χ2v) is 7.68. The first-order valence-corrected chi connectivity index (χ1v) is 9.71. The van der Waals surface area contributed by atoms with Crippen LogP contribution < -0.4 is 10.7 Å². The summed E-state index contributed by atoms with van der Waals surface area (Å²) >= 11 is 1.29. The van der Waals surface area contributed by atoms with Gasteiger partial charge >= 0.3 is 0 Å². The highest BCUT2D eigenvalue weighted by atomic mass is 32.2. The van der Waals surface area contributed by atoms with E-state index in [-0.39, 0.29) is 23.0 Å². The fourth-order valence-electron chi connectivity index (χ4n) is 3.99. The minimum atomic E-state index is 0.127. The second-order valence-electron chi connectivity index (χ2n) is 6.69. The van der Waals surface area contributed by atoms with Crippen molar-refractivity contribution in [3.63, 3.8) is 0 Å². The van der Waals surface area contributed by atoms with Crippen molar-refractivity contribution in [2.75, 3.05) is 18.0 Å². The fraction of sp³-hybridized carbons (Fsp3) is 0.556. The van der Waals surface area contributed by atoms with Gasteiger partial charge in [0.2, 0.25) is 5.91 Å². The highest BCUT2D eigenvalue weighted by molar-refractivity contribution is 7.99. The van der Waals surface area contributed by atoms with Crippen LogP contribution in [0, 0.1) is 28.6 Å². The lowest BCUT2D eigenvalue weighted by Gasteiger charge is -2.44. The number of likely N-dealkylation sites (tertiary alicyclic amines) is 1. The van der Waals surface area contributed by atoms with Crippen LogP contribution in [0.5, 0.6) is 0 Å². The molecule has 1 aliphatic carbocycles. The Morgan fingerprint density at radius 3 is 2.72 bits per heavy atom. The number of aromatic amines is 1. The molecule has 2 aliphatic rings. The molecule has 0 spiro atoms. The maximum Gasteiger partial charge on any atom is 0.289 e. The number of carbonyl (C=O) groups is 1. The second kappa shape index (κ2) is 7.76. The molecule has 6 nitrogen and oxygen atoms in total. The number of fused-ring (bicyclic) bond motifs is 1. The van der Waals surface area contributed by atoms with Gasteiger partial charge in [-0.05, 0) is 37.7 Å². The van der Waals surface area contributed by atoms with Gasteiger partial charge < -0.3 is 4.90 Å². The van der Waals surface area contributed by atoms with Gasteiger partial charge in [0.1, 0.15) is 23.3 Å². The minimum Gasteiger partial charge on any atom is -0.339 e. The van der Waals surface area contributed by atoms with E-state index in [0.717, 1.165) is 19.4 Å². The van der Waals surface area contributed by atoms with Crippen LogP contribution in [0.1, 0.15) is 49.7 Å². The van der Waals surface area contributed by atoms with Gasteiger partial charge in [-0.15, -0.1) is 0 Å². The van der Waals surface area contributed by atoms with Crippen molar-refractivity contribution < 1.29 is 9.78 Å². The number of thioether (sulfide) groups is 1. The maximum atomic E-state index is 12.8. The van der Waals surface area contributed by atoms with E-state index in [0.29, 0.717) is 22.5 Å². The van der Waals surface area contributed by atoms with Crippen molar-refractivity contribution in [2.45, 2.75) is 49.6 Å². The monoisotopic (exact) mass is 356 g/mol. The van der Waals surface area contributed by atoms with Crippen molar-refractivity contribution in [2.24, 2.45) is 5.92 Å². The van der Waals surface area contributed by atoms with Crippen LogP contribution >= 0.6 is 11.8 Å². The Morgan fingerprint density at radius 1 is 1.24 bits per heavy atom. The molecule has 3 N–H and O–H groups in total. The molecule has 2 fully saturated rings. The van der Waals surface area contributed by atoms with E-state index in [2.05, 4.69) is 16.0 Å². The first-order chi connectivity index (χ1) is 12.1. The Hall–Kier alpha value is -2.25. The van der Waals surface area contributed by atoms with Gasteiger partial charge in [0.05, 0.1) is 5.75 Å². The number of carbonyl (C=O) groups excluding carboxylic acids is 1. The predicted molar refractivity (Wildman–Crippen MR) is 94.3 cm³/mol. The molecule has 2 atom stereocenters. The number of H-pyrrole nitrogens is 1. The first kappa shape index (κ1) is 17.6. The quantitative estimate of drug-likeness (QED) is 0.834. The number of nitrogens with zero attached hydrogens (tertiary/aromatic N) is 3. The maximum absolute atomic E-state index is 12.8. The van der Waals surface area contributed by atoms with E-state index in [1.54, 1.807) is 0 Å². The Labute approximate surface area is 152 Å². The Balaban J connectivity index is 1.69. The van der Waals surface area contributed by atoms with Crippen molar-refractivity contribution in [3.8, 4) is 12.1 Å². The van der Waals surface area contributed by atoms with Crippen molar-refractivity contribution in [3.05, 3.63) is 17.2 Å². The number of nitrogens with two attached hydrogens (primary N) is 1. The highest BCUT2D eigenvalue weighted by Crippen LogP contribution is 2.35. The lowest BCUT2D eigenvalue weighted by Crippen LogP contribution is -2.50. The van der Waals surface area contributed by atoms with E-state index in [1.807, 2.05) is 6.07 Å². The molecule has 2 heterocycles. The van der Waals surface area contributed by atoms with Crippen molar-refractivity contribution in [1.82, 2.24) is 4.90 Å². The highest BCUT2D eigenvalue weighted by Gasteiger charge is 2.35. The van der Waals surface area contributed by atoms with Gasteiger partial charge in [0.15, 0.2) is 5.03 Å². The van der Waals surface area contributed by atoms with E-state index in [4.69, 9.17) is 11.0 Å². The number of piperidine rings is 1. The molecule has 7 heteroatoms. The minimum absolute atomic E-state index is 0.127. The van der Waals surface area contributed by atoms with Crippen LogP contribution in [-0.4, -0.2) is 29.1 Å². The molecule has 130 valence electrons. The number of nitrogen functional groups attached to an aromatic ring is 1. The molecule has 1 saturated carbocycles. The first-order valence-electron chi connectivity index (χ1n) is 8.72. The van der Waals surface area contributed by atoms with Crippen molar-refractivity contribution in [1.29, 1.82) is 10.5 Å². The fourth-order valence-corrected chi connectivity index (χ4v) is 4.86. The third-order valence-corrected chi connectivity index (χ3v) is 6.22. The standard InChI is InChI=1S/C18H21N5OS/c19-9-13-8-14(10-20)18(22-17(13)21)25-11-16(24)23-7-3-5-12-4-1-2-6-15(12)23/h8,12,15H,1-7,11H2,(H2,21,22)/p+1/t12-,15+/m0/s1. The number of pyridine rings is 1. The van der Waals surface area contributed by atoms with Gasteiger partial charge in [-0.3, -0.25) is 10.5 Å². The van der Waals surface area contributed by atoms with E-state index in [9.17, 15) is 10.1 Å². The molecule has 1 saturated heterocycles. The molecule has 0 radical (unpaired) electrons. The topological polar surface area (TPSA) is 108 Å². The van der Waals surface area contributed by atoms with E-state index in [1.165, 1.54) is 43.5 Å². The summed E-state index contributed by atoms with van der Waals surface area (Å²) < 4.78 is 0. The molecule has 3 rings (SSSR count). The van der Waals surface area contributed by atoms with Gasteiger partial charge in [-0.2, -0.15) is 10.5 Å². The smallest absolute Gasteiger partial charge is 0.289 e. The SMILES string of the molecule is N#Cc1cc(C#N)c(SCC(=O)N2CCC[C@@H]3CCCC[C@H]32)[nH+]c1N. The van der Waals surface area contributed by atoms with Crippen LogP contribution in [0.3, 0.4) is 0 Å². The van der Waals surface area contributed by atoms with E-state index < -0.39 is 0 Å². The number of nitriles is 2. The van der Waals surface area contributed by atoms with Gasteiger partial charge in [0, 0.05) is 12.6 Å². The Bertz CT molecular complexity index is 749. The molecule has 1 aliphatic heterocycles. The molecule has 0 aromatic carbocycles. The van der Waals surface area contributed by atoms with Crippen LogP contribution in [-0.2, 0) is 4.79 Å². The molecule has 1 aromatic rings. The van der Waals surface area contributed by atoms with Crippen LogP contribution in [0.15, 0.2) is 11.1 Å². The lowest BCUT2D eigenvalue weighted by molar-refractivity contribution is -0.410. The number of nitrogens with one attached hydrogen (secondary N) is 1. The predicted octanol–water partition coefficient (Wildman–Crippen LogP) is 2.10. The molecule has 25 heavy (non-hydrogen) atoms. The van der Waals surface area contributed by atoms with Crippen LogP contribution in [0.25, 0.3) is 0 Å². The zero-order valence-corrected chi connectivity index (χ0v) is 14.9. The summed E-state index contributed by atoms with van der Waals surface area (Å²) in [6, 6.07) is 5.87. The zero-order chi connectivity index (χ0) is 17.8. The number of hydrogen-bond donors (Lipinski definition) is 1. The van der Waals surface area contributed by atoms with Gasteiger partial charge in [0.25, 0.3) is 5.82 Å². The summed E-state index contributed by atoms with van der Waals surface area (Å²) in [5.74, 6) is 1.28. The number of aromatic nitrogens is 1.